The molecule has 0 fully saturated rings. The topological polar surface area (TPSA) is 79.0 Å². The van der Waals surface area contributed by atoms with Gasteiger partial charge >= 0.3 is 0 Å². The Morgan fingerprint density at radius 1 is 1.28 bits per heavy atom. The van der Waals surface area contributed by atoms with Crippen molar-refractivity contribution in [2.24, 2.45) is 10.4 Å². The molecule has 0 aromatic carbocycles. The minimum atomic E-state index is -1.15. The van der Waals surface area contributed by atoms with Crippen LogP contribution in [0.2, 0.25) is 0 Å². The third-order valence-corrected chi connectivity index (χ3v) is 3.87. The SMILES string of the molecule is CCNC(=NCC(C)(O)c1ccc(C)o1)NCC(OC)C(C)(C)C.I. The maximum atomic E-state index is 10.6. The summed E-state index contributed by atoms with van der Waals surface area (Å²) in [7, 11) is 1.71. The summed E-state index contributed by atoms with van der Waals surface area (Å²) < 4.78 is 11.1. The van der Waals surface area contributed by atoms with E-state index in [0.29, 0.717) is 18.3 Å². The Balaban J connectivity index is 0.00000576. The second kappa shape index (κ2) is 10.4. The quantitative estimate of drug-likeness (QED) is 0.327. The molecular weight excluding hydrogens is 433 g/mol. The highest BCUT2D eigenvalue weighted by Crippen LogP contribution is 2.23. The van der Waals surface area contributed by atoms with E-state index in [1.54, 1.807) is 20.1 Å². The Morgan fingerprint density at radius 3 is 2.36 bits per heavy atom. The van der Waals surface area contributed by atoms with Crippen LogP contribution in [-0.2, 0) is 10.3 Å². The van der Waals surface area contributed by atoms with E-state index in [9.17, 15) is 5.11 Å². The average Bonchev–Trinajstić information content (AvgIpc) is 2.91. The lowest BCUT2D eigenvalue weighted by Crippen LogP contribution is -2.45. The first-order valence-corrected chi connectivity index (χ1v) is 8.44. The highest BCUT2D eigenvalue weighted by Gasteiger charge is 2.27. The molecule has 0 radical (unpaired) electrons. The first-order chi connectivity index (χ1) is 11.1. The van der Waals surface area contributed by atoms with E-state index >= 15 is 0 Å². The number of nitrogens with one attached hydrogen (secondary N) is 2. The van der Waals surface area contributed by atoms with E-state index in [-0.39, 0.29) is 42.0 Å². The molecule has 0 bridgehead atoms. The molecule has 1 aromatic heterocycles. The second-order valence-corrected chi connectivity index (χ2v) is 7.35. The van der Waals surface area contributed by atoms with Crippen molar-refractivity contribution < 1.29 is 14.3 Å². The molecule has 0 aliphatic heterocycles. The predicted molar refractivity (Wildman–Crippen MR) is 113 cm³/mol. The van der Waals surface area contributed by atoms with Crippen molar-refractivity contribution in [1.29, 1.82) is 0 Å². The Bertz CT molecular complexity index is 536. The summed E-state index contributed by atoms with van der Waals surface area (Å²) >= 11 is 0. The maximum absolute atomic E-state index is 10.6. The van der Waals surface area contributed by atoms with Gasteiger partial charge in [0, 0.05) is 20.2 Å². The van der Waals surface area contributed by atoms with Crippen molar-refractivity contribution >= 4 is 29.9 Å². The highest BCUT2D eigenvalue weighted by molar-refractivity contribution is 14.0. The van der Waals surface area contributed by atoms with Crippen LogP contribution in [0.1, 0.15) is 46.1 Å². The van der Waals surface area contributed by atoms with Crippen LogP contribution in [0.25, 0.3) is 0 Å². The number of ether oxygens (including phenoxy) is 1. The average molecular weight is 467 g/mol. The first kappa shape index (κ1) is 24.2. The van der Waals surface area contributed by atoms with Crippen LogP contribution in [0.15, 0.2) is 21.5 Å². The summed E-state index contributed by atoms with van der Waals surface area (Å²) in [4.78, 5) is 4.49. The van der Waals surface area contributed by atoms with Gasteiger partial charge in [-0.1, -0.05) is 20.8 Å². The number of hydrogen-bond donors (Lipinski definition) is 3. The molecule has 0 aliphatic rings. The Kier molecular flexibility index (Phi) is 10.0. The van der Waals surface area contributed by atoms with Crippen molar-refractivity contribution in [3.63, 3.8) is 0 Å². The van der Waals surface area contributed by atoms with Crippen LogP contribution in [0.5, 0.6) is 0 Å². The van der Waals surface area contributed by atoms with Gasteiger partial charge in [0.2, 0.25) is 0 Å². The number of nitrogens with zero attached hydrogens (tertiary/aromatic N) is 1. The van der Waals surface area contributed by atoms with Crippen LogP contribution in [0.3, 0.4) is 0 Å². The second-order valence-electron chi connectivity index (χ2n) is 7.35. The lowest BCUT2D eigenvalue weighted by molar-refractivity contribution is 0.0204. The zero-order valence-corrected chi connectivity index (χ0v) is 18.8. The van der Waals surface area contributed by atoms with E-state index < -0.39 is 5.60 Å². The van der Waals surface area contributed by atoms with Gasteiger partial charge in [0.05, 0.1) is 12.6 Å². The Morgan fingerprint density at radius 2 is 1.92 bits per heavy atom. The number of aliphatic hydroxyl groups is 1. The number of methoxy groups -OCH3 is 1. The predicted octanol–water partition coefficient (Wildman–Crippen LogP) is 3.03. The molecule has 7 heteroatoms. The standard InChI is InChI=1S/C18H33N3O3.HI/c1-8-19-16(20-11-15(23-7)17(3,4)5)21-12-18(6,22)14-10-9-13(2)24-14;/h9-10,15,22H,8,11-12H2,1-7H3,(H2,19,20,21);1H. The molecular formula is C18H34IN3O3. The summed E-state index contributed by atoms with van der Waals surface area (Å²) in [6, 6.07) is 3.62. The van der Waals surface area contributed by atoms with Gasteiger partial charge in [0.1, 0.15) is 17.1 Å². The largest absolute Gasteiger partial charge is 0.463 e. The summed E-state index contributed by atoms with van der Waals surface area (Å²) in [5.41, 5.74) is -1.13. The number of furan rings is 1. The molecule has 1 rings (SSSR count). The lowest BCUT2D eigenvalue weighted by Gasteiger charge is -2.30. The Hall–Kier alpha value is -0.800. The number of aliphatic imine (C=N–C) groups is 1. The molecule has 6 nitrogen and oxygen atoms in total. The summed E-state index contributed by atoms with van der Waals surface area (Å²) in [6.45, 7) is 13.5. The van der Waals surface area contributed by atoms with Crippen molar-refractivity contribution in [2.75, 3.05) is 26.7 Å². The maximum Gasteiger partial charge on any atom is 0.191 e. The van der Waals surface area contributed by atoms with Gasteiger partial charge in [-0.25, -0.2) is 4.99 Å². The third kappa shape index (κ3) is 7.96. The molecule has 0 saturated carbocycles. The van der Waals surface area contributed by atoms with Gasteiger partial charge in [-0.2, -0.15) is 0 Å². The van der Waals surface area contributed by atoms with Crippen LogP contribution in [-0.4, -0.2) is 43.9 Å². The smallest absolute Gasteiger partial charge is 0.191 e. The number of guanidine groups is 1. The minimum Gasteiger partial charge on any atom is -0.463 e. The molecule has 25 heavy (non-hydrogen) atoms. The van der Waals surface area contributed by atoms with E-state index in [1.165, 1.54) is 0 Å². The fraction of sp³-hybridized carbons (Fsp3) is 0.722. The lowest BCUT2D eigenvalue weighted by atomic mass is 9.89. The molecule has 0 aliphatic carbocycles. The summed E-state index contributed by atoms with van der Waals surface area (Å²) in [5, 5.41) is 17.1. The van der Waals surface area contributed by atoms with E-state index in [4.69, 9.17) is 9.15 Å². The molecule has 2 unspecified atom stereocenters. The van der Waals surface area contributed by atoms with Gasteiger partial charge in [0.25, 0.3) is 0 Å². The molecule has 0 saturated heterocycles. The molecule has 3 N–H and O–H groups in total. The van der Waals surface area contributed by atoms with Crippen molar-refractivity contribution in [3.05, 3.63) is 23.7 Å². The van der Waals surface area contributed by atoms with E-state index in [2.05, 4.69) is 36.4 Å². The molecule has 146 valence electrons. The van der Waals surface area contributed by atoms with E-state index in [0.717, 1.165) is 12.3 Å². The number of rotatable bonds is 7. The van der Waals surface area contributed by atoms with Crippen LogP contribution in [0.4, 0.5) is 0 Å². The fourth-order valence-corrected chi connectivity index (χ4v) is 2.31. The molecule has 2 atom stereocenters. The molecule has 1 aromatic rings. The minimum absolute atomic E-state index is 0. The van der Waals surface area contributed by atoms with Gasteiger partial charge < -0.3 is 24.9 Å². The zero-order valence-electron chi connectivity index (χ0n) is 16.5. The van der Waals surface area contributed by atoms with Gasteiger partial charge in [0.15, 0.2) is 5.96 Å². The fourth-order valence-electron chi connectivity index (χ4n) is 2.31. The van der Waals surface area contributed by atoms with Crippen molar-refractivity contribution in [1.82, 2.24) is 10.6 Å². The van der Waals surface area contributed by atoms with Crippen molar-refractivity contribution in [3.8, 4) is 0 Å². The number of aryl methyl sites for hydroxylation is 1. The molecule has 1 heterocycles. The normalized spacial score (nSPS) is 15.9. The van der Waals surface area contributed by atoms with Gasteiger partial charge in [-0.15, -0.1) is 24.0 Å². The van der Waals surface area contributed by atoms with Gasteiger partial charge in [-0.3, -0.25) is 0 Å². The van der Waals surface area contributed by atoms with Gasteiger partial charge in [-0.05, 0) is 38.3 Å². The van der Waals surface area contributed by atoms with Crippen molar-refractivity contribution in [2.45, 2.75) is 53.2 Å². The van der Waals surface area contributed by atoms with Crippen LogP contribution in [0, 0.1) is 12.3 Å². The first-order valence-electron chi connectivity index (χ1n) is 8.44. The summed E-state index contributed by atoms with van der Waals surface area (Å²) in [6.07, 6.45) is 0.0505. The Labute approximate surface area is 168 Å². The van der Waals surface area contributed by atoms with Crippen LogP contribution >= 0.6 is 24.0 Å². The number of halogens is 1. The monoisotopic (exact) mass is 467 g/mol. The van der Waals surface area contributed by atoms with E-state index in [1.807, 2.05) is 19.9 Å². The highest BCUT2D eigenvalue weighted by atomic mass is 127. The number of hydrogen-bond acceptors (Lipinski definition) is 4. The third-order valence-electron chi connectivity index (χ3n) is 3.87. The molecule has 0 spiro atoms. The zero-order chi connectivity index (χ0) is 18.4. The summed E-state index contributed by atoms with van der Waals surface area (Å²) in [5.74, 6) is 1.93. The molecule has 0 amide bonds. The van der Waals surface area contributed by atoms with Crippen LogP contribution < -0.4 is 10.6 Å².